The summed E-state index contributed by atoms with van der Waals surface area (Å²) in [5.74, 6) is 0.825. The fourth-order valence-corrected chi connectivity index (χ4v) is 3.39. The van der Waals surface area contributed by atoms with Crippen molar-refractivity contribution in [2.24, 2.45) is 4.99 Å². The minimum atomic E-state index is -4.13. The lowest BCUT2D eigenvalue weighted by atomic mass is 10.1. The quantitative estimate of drug-likeness (QED) is 0.609. The van der Waals surface area contributed by atoms with Crippen molar-refractivity contribution >= 4 is 5.96 Å². The van der Waals surface area contributed by atoms with E-state index in [1.165, 1.54) is 4.90 Å². The largest absolute Gasteiger partial charge is 0.401 e. The molecule has 0 amide bonds. The van der Waals surface area contributed by atoms with Gasteiger partial charge in [-0.25, -0.2) is 0 Å². The Morgan fingerprint density at radius 3 is 2.46 bits per heavy atom. The van der Waals surface area contributed by atoms with Crippen LogP contribution >= 0.6 is 0 Å². The number of aliphatic imine (C=N–C) groups is 1. The Hall–Kier alpha value is -1.02. The van der Waals surface area contributed by atoms with Crippen molar-refractivity contribution in [3.8, 4) is 0 Å². The van der Waals surface area contributed by atoms with Crippen LogP contribution in [0.3, 0.4) is 0 Å². The predicted octanol–water partition coefficient (Wildman–Crippen LogP) is 2.09. The smallest absolute Gasteiger partial charge is 0.378 e. The monoisotopic (exact) mass is 350 g/mol. The summed E-state index contributed by atoms with van der Waals surface area (Å²) in [6.07, 6.45) is -1.18. The molecule has 24 heavy (non-hydrogen) atoms. The van der Waals surface area contributed by atoms with Gasteiger partial charge in [0.05, 0.1) is 12.6 Å². The molecule has 2 aliphatic rings. The number of halogens is 3. The number of nitrogens with zero attached hydrogens (tertiary/aromatic N) is 3. The Kier molecular flexibility index (Phi) is 7.16. The molecule has 0 aromatic carbocycles. The highest BCUT2D eigenvalue weighted by Crippen LogP contribution is 2.20. The molecule has 2 rings (SSSR count). The first-order valence-corrected chi connectivity index (χ1v) is 8.88. The first-order valence-electron chi connectivity index (χ1n) is 8.88. The second kappa shape index (κ2) is 8.89. The molecule has 0 saturated carbocycles. The van der Waals surface area contributed by atoms with Crippen LogP contribution in [0.2, 0.25) is 0 Å². The average Bonchev–Trinajstić information content (AvgIpc) is 2.93. The maximum Gasteiger partial charge on any atom is 0.401 e. The fourth-order valence-electron chi connectivity index (χ4n) is 3.39. The zero-order chi connectivity index (χ0) is 17.6. The molecule has 8 heteroatoms. The van der Waals surface area contributed by atoms with Gasteiger partial charge in [0.1, 0.15) is 0 Å². The highest BCUT2D eigenvalue weighted by Gasteiger charge is 2.35. The van der Waals surface area contributed by atoms with Gasteiger partial charge in [0.2, 0.25) is 0 Å². The molecule has 2 aliphatic heterocycles. The van der Waals surface area contributed by atoms with Gasteiger partial charge < -0.3 is 15.0 Å². The van der Waals surface area contributed by atoms with Gasteiger partial charge in [0.15, 0.2) is 5.96 Å². The summed E-state index contributed by atoms with van der Waals surface area (Å²) in [5.41, 5.74) is 0. The molecule has 2 fully saturated rings. The maximum atomic E-state index is 12.5. The molecule has 0 aromatic heterocycles. The normalized spacial score (nSPS) is 24.6. The van der Waals surface area contributed by atoms with Crippen molar-refractivity contribution in [2.75, 3.05) is 45.9 Å². The van der Waals surface area contributed by atoms with E-state index in [0.29, 0.717) is 32.2 Å². The molecular formula is C16H29F3N4O. The van der Waals surface area contributed by atoms with E-state index in [9.17, 15) is 13.2 Å². The van der Waals surface area contributed by atoms with Crippen molar-refractivity contribution in [3.05, 3.63) is 0 Å². The summed E-state index contributed by atoms with van der Waals surface area (Å²) in [4.78, 5) is 8.19. The molecule has 140 valence electrons. The highest BCUT2D eigenvalue weighted by molar-refractivity contribution is 5.80. The molecule has 5 nitrogen and oxygen atoms in total. The summed E-state index contributed by atoms with van der Waals surface area (Å²) in [7, 11) is 0. The number of hydrogen-bond acceptors (Lipinski definition) is 3. The van der Waals surface area contributed by atoms with Gasteiger partial charge in [-0.05, 0) is 33.1 Å². The third-order valence-corrected chi connectivity index (χ3v) is 4.46. The van der Waals surface area contributed by atoms with Crippen molar-refractivity contribution in [1.82, 2.24) is 15.1 Å². The molecule has 0 aromatic rings. The van der Waals surface area contributed by atoms with Crippen LogP contribution in [0.5, 0.6) is 0 Å². The lowest BCUT2D eigenvalue weighted by Gasteiger charge is -2.35. The van der Waals surface area contributed by atoms with Crippen LogP contribution in [0.25, 0.3) is 0 Å². The SMILES string of the molecule is CCN=C(NC1CCN(CC(F)(F)F)C1)N1CCC(OCC)CC1. The van der Waals surface area contributed by atoms with Crippen LogP contribution in [0.1, 0.15) is 33.1 Å². The molecule has 2 saturated heterocycles. The van der Waals surface area contributed by atoms with E-state index >= 15 is 0 Å². The Labute approximate surface area is 142 Å². The minimum Gasteiger partial charge on any atom is -0.378 e. The second-order valence-electron chi connectivity index (χ2n) is 6.42. The van der Waals surface area contributed by atoms with E-state index in [1.807, 2.05) is 13.8 Å². The van der Waals surface area contributed by atoms with Gasteiger partial charge in [-0.15, -0.1) is 0 Å². The van der Waals surface area contributed by atoms with Gasteiger partial charge in [-0.2, -0.15) is 13.2 Å². The Morgan fingerprint density at radius 2 is 1.88 bits per heavy atom. The number of likely N-dealkylation sites (tertiary alicyclic amines) is 2. The lowest BCUT2D eigenvalue weighted by Crippen LogP contribution is -2.50. The highest BCUT2D eigenvalue weighted by atomic mass is 19.4. The number of rotatable bonds is 5. The summed E-state index contributed by atoms with van der Waals surface area (Å²) in [5, 5.41) is 3.38. The van der Waals surface area contributed by atoms with E-state index in [2.05, 4.69) is 15.2 Å². The zero-order valence-corrected chi connectivity index (χ0v) is 14.6. The fraction of sp³-hybridized carbons (Fsp3) is 0.938. The molecule has 1 N–H and O–H groups in total. The van der Waals surface area contributed by atoms with Crippen molar-refractivity contribution in [3.63, 3.8) is 0 Å². The van der Waals surface area contributed by atoms with Crippen molar-refractivity contribution in [1.29, 1.82) is 0 Å². The van der Waals surface area contributed by atoms with Gasteiger partial charge >= 0.3 is 6.18 Å². The summed E-state index contributed by atoms with van der Waals surface area (Å²) in [6, 6.07) is 0.0299. The third kappa shape index (κ3) is 6.12. The molecule has 1 atom stereocenters. The topological polar surface area (TPSA) is 40.1 Å². The van der Waals surface area contributed by atoms with Gasteiger partial charge in [-0.3, -0.25) is 9.89 Å². The van der Waals surface area contributed by atoms with Gasteiger partial charge in [-0.1, -0.05) is 0 Å². The Bertz CT molecular complexity index is 409. The standard InChI is InChI=1S/C16H29F3N4O/c1-3-20-15(23-9-6-14(7-10-23)24-4-2)21-13-5-8-22(11-13)12-16(17,18)19/h13-14H,3-12H2,1-2H3,(H,20,21). The average molecular weight is 350 g/mol. The number of ether oxygens (including phenoxy) is 1. The van der Waals surface area contributed by atoms with Crippen LogP contribution in [0.15, 0.2) is 4.99 Å². The van der Waals surface area contributed by atoms with Crippen LogP contribution in [-0.2, 0) is 4.74 Å². The number of hydrogen-bond donors (Lipinski definition) is 1. The van der Waals surface area contributed by atoms with Gasteiger partial charge in [0, 0.05) is 45.4 Å². The summed E-state index contributed by atoms with van der Waals surface area (Å²) < 4.78 is 43.2. The summed E-state index contributed by atoms with van der Waals surface area (Å²) >= 11 is 0. The van der Waals surface area contributed by atoms with Crippen LogP contribution in [-0.4, -0.2) is 80.0 Å². The maximum absolute atomic E-state index is 12.5. The molecular weight excluding hydrogens is 321 g/mol. The minimum absolute atomic E-state index is 0.0299. The van der Waals surface area contributed by atoms with Crippen LogP contribution < -0.4 is 5.32 Å². The summed E-state index contributed by atoms with van der Waals surface area (Å²) in [6.45, 7) is 7.17. The van der Waals surface area contributed by atoms with E-state index in [4.69, 9.17) is 4.74 Å². The number of alkyl halides is 3. The molecule has 0 spiro atoms. The van der Waals surface area contributed by atoms with Crippen LogP contribution in [0.4, 0.5) is 13.2 Å². The molecule has 1 unspecified atom stereocenters. The van der Waals surface area contributed by atoms with E-state index < -0.39 is 12.7 Å². The first-order chi connectivity index (χ1) is 11.4. The predicted molar refractivity (Wildman–Crippen MR) is 88.2 cm³/mol. The third-order valence-electron chi connectivity index (χ3n) is 4.46. The molecule has 0 radical (unpaired) electrons. The molecule has 0 bridgehead atoms. The number of nitrogens with one attached hydrogen (secondary N) is 1. The van der Waals surface area contributed by atoms with Crippen LogP contribution in [0, 0.1) is 0 Å². The Balaban J connectivity index is 1.83. The van der Waals surface area contributed by atoms with Crippen molar-refractivity contribution < 1.29 is 17.9 Å². The van der Waals surface area contributed by atoms with E-state index in [0.717, 1.165) is 38.5 Å². The molecule has 2 heterocycles. The number of guanidine groups is 1. The zero-order valence-electron chi connectivity index (χ0n) is 14.6. The van der Waals surface area contributed by atoms with E-state index in [1.54, 1.807) is 0 Å². The first kappa shape index (κ1) is 19.3. The number of piperidine rings is 1. The van der Waals surface area contributed by atoms with E-state index in [-0.39, 0.29) is 6.04 Å². The Morgan fingerprint density at radius 1 is 1.17 bits per heavy atom. The van der Waals surface area contributed by atoms with Crippen molar-refractivity contribution in [2.45, 2.75) is 51.4 Å². The van der Waals surface area contributed by atoms with Gasteiger partial charge in [0.25, 0.3) is 0 Å². The second-order valence-corrected chi connectivity index (χ2v) is 6.42. The lowest BCUT2D eigenvalue weighted by molar-refractivity contribution is -0.143. The molecule has 0 aliphatic carbocycles.